The molecule has 0 radical (unpaired) electrons. The number of nitrogens with zero attached hydrogens (tertiary/aromatic N) is 1. The van der Waals surface area contributed by atoms with Crippen LogP contribution in [-0.2, 0) is 0 Å². The molecule has 20 heavy (non-hydrogen) atoms. The average molecular weight is 405 g/mol. The molecule has 0 bridgehead atoms. The first-order chi connectivity index (χ1) is 9.40. The summed E-state index contributed by atoms with van der Waals surface area (Å²) in [5.74, 6) is -0.259. The Balaban J connectivity index is 2.33. The molecule has 1 unspecified atom stereocenters. The fourth-order valence-electron chi connectivity index (χ4n) is 2.03. The summed E-state index contributed by atoms with van der Waals surface area (Å²) < 4.78 is 14.3. The molecule has 0 aliphatic heterocycles. The van der Waals surface area contributed by atoms with Gasteiger partial charge in [0.15, 0.2) is 0 Å². The van der Waals surface area contributed by atoms with Crippen LogP contribution in [0.5, 0.6) is 0 Å². The molecular weight excluding hydrogens is 390 g/mol. The smallest absolute Gasteiger partial charge is 0.138 e. The zero-order chi connectivity index (χ0) is 14.9. The molecule has 2 rings (SSSR count). The zero-order valence-corrected chi connectivity index (χ0v) is 14.1. The minimum atomic E-state index is -0.259. The molecular formula is C15H15ClFIN2. The monoisotopic (exact) mass is 404 g/mol. The van der Waals surface area contributed by atoms with Crippen molar-refractivity contribution < 1.29 is 4.39 Å². The summed E-state index contributed by atoms with van der Waals surface area (Å²) in [4.78, 5) is 1.96. The van der Waals surface area contributed by atoms with Gasteiger partial charge in [0, 0.05) is 18.1 Å². The van der Waals surface area contributed by atoms with Gasteiger partial charge in [0.25, 0.3) is 0 Å². The van der Waals surface area contributed by atoms with Crippen LogP contribution in [0.1, 0.15) is 18.5 Å². The largest absolute Gasteiger partial charge is 0.397 e. The first-order valence-electron chi connectivity index (χ1n) is 6.13. The number of anilines is 2. The highest BCUT2D eigenvalue weighted by Gasteiger charge is 2.16. The third-order valence-corrected chi connectivity index (χ3v) is 4.46. The SMILES string of the molecule is CC(c1ccc(Cl)cc1)N(C)c1cc(F)c(I)cc1N. The molecule has 2 nitrogen and oxygen atoms in total. The van der Waals surface area contributed by atoms with Crippen molar-refractivity contribution >= 4 is 45.6 Å². The molecule has 0 saturated carbocycles. The first kappa shape index (κ1) is 15.4. The van der Waals surface area contributed by atoms with Crippen LogP contribution in [0.2, 0.25) is 5.02 Å². The van der Waals surface area contributed by atoms with Crippen molar-refractivity contribution in [3.05, 3.63) is 56.4 Å². The molecule has 0 amide bonds. The number of nitrogens with two attached hydrogens (primary N) is 1. The first-order valence-corrected chi connectivity index (χ1v) is 7.58. The second-order valence-corrected chi connectivity index (χ2v) is 6.26. The Morgan fingerprint density at radius 3 is 2.45 bits per heavy atom. The molecule has 0 aromatic heterocycles. The lowest BCUT2D eigenvalue weighted by Gasteiger charge is -2.28. The van der Waals surface area contributed by atoms with E-state index in [9.17, 15) is 4.39 Å². The van der Waals surface area contributed by atoms with Gasteiger partial charge in [-0.2, -0.15) is 0 Å². The van der Waals surface area contributed by atoms with Gasteiger partial charge in [-0.05, 0) is 53.3 Å². The predicted octanol–water partition coefficient (Wildman–Crippen LogP) is 4.86. The van der Waals surface area contributed by atoms with Crippen LogP contribution in [0.4, 0.5) is 15.8 Å². The van der Waals surface area contributed by atoms with Crippen LogP contribution in [-0.4, -0.2) is 7.05 Å². The number of hydrogen-bond acceptors (Lipinski definition) is 2. The number of benzene rings is 2. The van der Waals surface area contributed by atoms with E-state index in [0.717, 1.165) is 5.56 Å². The molecule has 1 atom stereocenters. The highest BCUT2D eigenvalue weighted by Crippen LogP contribution is 2.32. The van der Waals surface area contributed by atoms with Crippen molar-refractivity contribution in [2.24, 2.45) is 0 Å². The molecule has 0 aliphatic rings. The molecule has 0 saturated heterocycles. The number of nitrogen functional groups attached to an aromatic ring is 1. The second-order valence-electron chi connectivity index (χ2n) is 4.66. The number of hydrogen-bond donors (Lipinski definition) is 1. The summed E-state index contributed by atoms with van der Waals surface area (Å²) in [5, 5.41) is 0.698. The maximum atomic E-state index is 13.7. The zero-order valence-electron chi connectivity index (χ0n) is 11.2. The third-order valence-electron chi connectivity index (χ3n) is 3.38. The Hall–Kier alpha value is -1.01. The Morgan fingerprint density at radius 2 is 1.85 bits per heavy atom. The Morgan fingerprint density at radius 1 is 1.25 bits per heavy atom. The average Bonchev–Trinajstić information content (AvgIpc) is 2.42. The highest BCUT2D eigenvalue weighted by atomic mass is 127. The summed E-state index contributed by atoms with van der Waals surface area (Å²) in [7, 11) is 1.90. The van der Waals surface area contributed by atoms with Crippen molar-refractivity contribution in [2.45, 2.75) is 13.0 Å². The second kappa shape index (κ2) is 6.18. The molecule has 5 heteroatoms. The molecule has 0 aliphatic carbocycles. The lowest BCUT2D eigenvalue weighted by Crippen LogP contribution is -2.23. The topological polar surface area (TPSA) is 29.3 Å². The summed E-state index contributed by atoms with van der Waals surface area (Å²) in [6.45, 7) is 2.04. The minimum absolute atomic E-state index is 0.0639. The van der Waals surface area contributed by atoms with Gasteiger partial charge < -0.3 is 10.6 Å². The van der Waals surface area contributed by atoms with E-state index in [1.54, 1.807) is 6.07 Å². The predicted molar refractivity (Wildman–Crippen MR) is 91.8 cm³/mol. The molecule has 106 valence electrons. The van der Waals surface area contributed by atoms with E-state index in [2.05, 4.69) is 0 Å². The Bertz CT molecular complexity index is 616. The molecule has 0 fully saturated rings. The summed E-state index contributed by atoms with van der Waals surface area (Å²) >= 11 is 7.83. The van der Waals surface area contributed by atoms with Crippen molar-refractivity contribution in [1.29, 1.82) is 0 Å². The van der Waals surface area contributed by atoms with Crippen molar-refractivity contribution in [3.63, 3.8) is 0 Å². The van der Waals surface area contributed by atoms with Gasteiger partial charge in [-0.1, -0.05) is 23.7 Å². The molecule has 2 N–H and O–H groups in total. The van der Waals surface area contributed by atoms with E-state index in [-0.39, 0.29) is 11.9 Å². The minimum Gasteiger partial charge on any atom is -0.397 e. The van der Waals surface area contributed by atoms with Crippen molar-refractivity contribution in [3.8, 4) is 0 Å². The van der Waals surface area contributed by atoms with E-state index in [0.29, 0.717) is 20.0 Å². The van der Waals surface area contributed by atoms with E-state index < -0.39 is 0 Å². The van der Waals surface area contributed by atoms with Gasteiger partial charge in [-0.3, -0.25) is 0 Å². The molecule has 0 spiro atoms. The van der Waals surface area contributed by atoms with Gasteiger partial charge in [-0.15, -0.1) is 0 Å². The quantitative estimate of drug-likeness (QED) is 0.584. The summed E-state index contributed by atoms with van der Waals surface area (Å²) in [6, 6.07) is 10.8. The summed E-state index contributed by atoms with van der Waals surface area (Å²) in [5.41, 5.74) is 8.34. The van der Waals surface area contributed by atoms with Crippen LogP contribution in [0.3, 0.4) is 0 Å². The maximum absolute atomic E-state index is 13.7. The van der Waals surface area contributed by atoms with Gasteiger partial charge in [0.1, 0.15) is 5.82 Å². The lowest BCUT2D eigenvalue weighted by atomic mass is 10.1. The van der Waals surface area contributed by atoms with E-state index in [1.807, 2.05) is 65.7 Å². The van der Waals surface area contributed by atoms with Crippen LogP contribution < -0.4 is 10.6 Å². The normalized spacial score (nSPS) is 12.2. The van der Waals surface area contributed by atoms with Gasteiger partial charge in [-0.25, -0.2) is 4.39 Å². The van der Waals surface area contributed by atoms with Crippen LogP contribution in [0.25, 0.3) is 0 Å². The molecule has 2 aromatic carbocycles. The molecule has 0 heterocycles. The van der Waals surface area contributed by atoms with Crippen molar-refractivity contribution in [2.75, 3.05) is 17.7 Å². The van der Waals surface area contributed by atoms with Crippen molar-refractivity contribution in [1.82, 2.24) is 0 Å². The fraction of sp³-hybridized carbons (Fsp3) is 0.200. The number of rotatable bonds is 3. The number of halogens is 3. The van der Waals surface area contributed by atoms with E-state index in [4.69, 9.17) is 17.3 Å². The van der Waals surface area contributed by atoms with Gasteiger partial charge >= 0.3 is 0 Å². The molecule has 2 aromatic rings. The Labute approximate surface area is 136 Å². The van der Waals surface area contributed by atoms with Gasteiger partial charge in [0.05, 0.1) is 21.0 Å². The fourth-order valence-corrected chi connectivity index (χ4v) is 2.65. The third kappa shape index (κ3) is 3.17. The van der Waals surface area contributed by atoms with Crippen LogP contribution in [0.15, 0.2) is 36.4 Å². The van der Waals surface area contributed by atoms with E-state index >= 15 is 0 Å². The summed E-state index contributed by atoms with van der Waals surface area (Å²) in [6.07, 6.45) is 0. The maximum Gasteiger partial charge on any atom is 0.138 e. The highest BCUT2D eigenvalue weighted by molar-refractivity contribution is 14.1. The lowest BCUT2D eigenvalue weighted by molar-refractivity contribution is 0.618. The van der Waals surface area contributed by atoms with Crippen LogP contribution >= 0.6 is 34.2 Å². The van der Waals surface area contributed by atoms with Crippen LogP contribution in [0, 0.1) is 9.39 Å². The Kier molecular flexibility index (Phi) is 4.75. The van der Waals surface area contributed by atoms with Gasteiger partial charge in [0.2, 0.25) is 0 Å². The van der Waals surface area contributed by atoms with E-state index in [1.165, 1.54) is 6.07 Å². The standard InChI is InChI=1S/C15H15ClFIN2/c1-9(10-3-5-11(16)6-4-10)20(2)15-7-12(17)13(18)8-14(15)19/h3-9H,19H2,1-2H3.